The summed E-state index contributed by atoms with van der Waals surface area (Å²) in [6.45, 7) is 1.06. The van der Waals surface area contributed by atoms with Crippen LogP contribution in [0.25, 0.3) is 17.0 Å². The number of para-hydroxylation sites is 1. The van der Waals surface area contributed by atoms with E-state index in [2.05, 4.69) is 16.3 Å². The number of nitriles is 1. The Morgan fingerprint density at radius 2 is 2.05 bits per heavy atom. The zero-order chi connectivity index (χ0) is 14.2. The van der Waals surface area contributed by atoms with Crippen molar-refractivity contribution >= 4 is 5.65 Å². The predicted octanol–water partition coefficient (Wildman–Crippen LogP) is 2.04. The van der Waals surface area contributed by atoms with Gasteiger partial charge in [0.2, 0.25) is 0 Å². The number of ether oxygens (including phenoxy) is 2. The van der Waals surface area contributed by atoms with Crippen LogP contribution >= 0.6 is 0 Å². The predicted molar refractivity (Wildman–Crippen MR) is 74.1 cm³/mol. The number of nitrogens with zero attached hydrogens (tertiary/aromatic N) is 4. The van der Waals surface area contributed by atoms with Crippen molar-refractivity contribution < 1.29 is 9.47 Å². The summed E-state index contributed by atoms with van der Waals surface area (Å²) < 4.78 is 13.1. The van der Waals surface area contributed by atoms with Crippen molar-refractivity contribution in [3.8, 4) is 29.0 Å². The topological polar surface area (TPSA) is 72.4 Å². The van der Waals surface area contributed by atoms with Crippen molar-refractivity contribution in [3.63, 3.8) is 0 Å². The molecule has 0 amide bonds. The molecule has 2 aromatic heterocycles. The first-order chi connectivity index (χ1) is 10.4. The molecular weight excluding hydrogens is 268 g/mol. The van der Waals surface area contributed by atoms with Gasteiger partial charge >= 0.3 is 0 Å². The van der Waals surface area contributed by atoms with Crippen LogP contribution in [0, 0.1) is 11.3 Å². The number of pyridine rings is 1. The molecule has 1 aliphatic rings. The Hall–Kier alpha value is -3.07. The van der Waals surface area contributed by atoms with Gasteiger partial charge in [-0.15, -0.1) is 10.2 Å². The van der Waals surface area contributed by atoms with Crippen LogP contribution in [0.5, 0.6) is 11.5 Å². The van der Waals surface area contributed by atoms with E-state index in [-0.39, 0.29) is 0 Å². The van der Waals surface area contributed by atoms with Crippen LogP contribution < -0.4 is 9.47 Å². The van der Waals surface area contributed by atoms with Gasteiger partial charge in [-0.25, -0.2) is 0 Å². The van der Waals surface area contributed by atoms with Crippen molar-refractivity contribution in [3.05, 3.63) is 42.1 Å². The van der Waals surface area contributed by atoms with Gasteiger partial charge in [-0.2, -0.15) is 5.26 Å². The molecule has 6 nitrogen and oxygen atoms in total. The third-order valence-corrected chi connectivity index (χ3v) is 3.35. The highest BCUT2D eigenvalue weighted by atomic mass is 16.6. The number of benzene rings is 1. The lowest BCUT2D eigenvalue weighted by Gasteiger charge is -2.20. The second-order valence-corrected chi connectivity index (χ2v) is 4.61. The highest BCUT2D eigenvalue weighted by molar-refractivity contribution is 5.71. The maximum absolute atomic E-state index is 8.94. The minimum atomic E-state index is 0.513. The van der Waals surface area contributed by atoms with E-state index in [0.717, 1.165) is 5.56 Å². The van der Waals surface area contributed by atoms with Gasteiger partial charge in [-0.05, 0) is 18.2 Å². The fourth-order valence-corrected chi connectivity index (χ4v) is 2.39. The number of hydrogen-bond donors (Lipinski definition) is 0. The molecule has 3 aromatic rings. The van der Waals surface area contributed by atoms with Gasteiger partial charge in [-0.3, -0.25) is 4.40 Å². The Kier molecular flexibility index (Phi) is 2.51. The maximum atomic E-state index is 8.94. The number of fused-ring (bicyclic) bond motifs is 2. The monoisotopic (exact) mass is 278 g/mol. The fraction of sp³-hybridized carbons (Fsp3) is 0.133. The fourth-order valence-electron chi connectivity index (χ4n) is 2.39. The first-order valence-corrected chi connectivity index (χ1v) is 6.51. The van der Waals surface area contributed by atoms with Crippen LogP contribution in [-0.4, -0.2) is 27.8 Å². The summed E-state index contributed by atoms with van der Waals surface area (Å²) in [7, 11) is 0. The first kappa shape index (κ1) is 11.7. The molecule has 6 heteroatoms. The minimum Gasteiger partial charge on any atom is -0.486 e. The Balaban J connectivity index is 1.93. The molecule has 0 unspecified atom stereocenters. The van der Waals surface area contributed by atoms with E-state index in [0.29, 0.717) is 41.7 Å². The van der Waals surface area contributed by atoms with E-state index in [9.17, 15) is 0 Å². The Morgan fingerprint density at radius 1 is 1.14 bits per heavy atom. The molecule has 0 N–H and O–H groups in total. The van der Waals surface area contributed by atoms with Gasteiger partial charge in [0.25, 0.3) is 0 Å². The van der Waals surface area contributed by atoms with Gasteiger partial charge in [-0.1, -0.05) is 6.07 Å². The lowest BCUT2D eigenvalue weighted by molar-refractivity contribution is 0.172. The van der Waals surface area contributed by atoms with Gasteiger partial charge < -0.3 is 9.47 Å². The summed E-state index contributed by atoms with van der Waals surface area (Å²) in [6, 6.07) is 11.2. The molecule has 0 atom stereocenters. The van der Waals surface area contributed by atoms with E-state index in [1.54, 1.807) is 18.3 Å². The summed E-state index contributed by atoms with van der Waals surface area (Å²) in [5.74, 6) is 2.06. The van der Waals surface area contributed by atoms with Crippen LogP contribution in [0.2, 0.25) is 0 Å². The Morgan fingerprint density at radius 3 is 2.95 bits per heavy atom. The van der Waals surface area contributed by atoms with Crippen LogP contribution in [0.15, 0.2) is 36.5 Å². The first-order valence-electron chi connectivity index (χ1n) is 6.51. The lowest BCUT2D eigenvalue weighted by Crippen LogP contribution is -2.16. The molecule has 4 rings (SSSR count). The Bertz CT molecular complexity index is 879. The van der Waals surface area contributed by atoms with Crippen LogP contribution in [-0.2, 0) is 0 Å². The molecule has 0 saturated carbocycles. The van der Waals surface area contributed by atoms with Crippen LogP contribution in [0.4, 0.5) is 0 Å². The highest BCUT2D eigenvalue weighted by Crippen LogP contribution is 2.39. The van der Waals surface area contributed by atoms with E-state index >= 15 is 0 Å². The second kappa shape index (κ2) is 4.49. The SMILES string of the molecule is N#Cc1ccn2c(-c3cccc4c3OCCO4)nnc2c1. The van der Waals surface area contributed by atoms with Gasteiger partial charge in [0.15, 0.2) is 23.0 Å². The van der Waals surface area contributed by atoms with Gasteiger partial charge in [0, 0.05) is 12.3 Å². The lowest BCUT2D eigenvalue weighted by atomic mass is 10.1. The maximum Gasteiger partial charge on any atom is 0.172 e. The van der Waals surface area contributed by atoms with E-state index in [1.807, 2.05) is 22.6 Å². The van der Waals surface area contributed by atoms with Crippen molar-refractivity contribution in [1.29, 1.82) is 5.26 Å². The number of rotatable bonds is 1. The van der Waals surface area contributed by atoms with E-state index in [1.165, 1.54) is 0 Å². The standard InChI is InChI=1S/C15H10N4O2/c16-9-10-4-5-19-13(8-10)17-18-15(19)11-2-1-3-12-14(11)21-7-6-20-12/h1-5,8H,6-7H2. The average Bonchev–Trinajstić information content (AvgIpc) is 2.97. The third-order valence-electron chi connectivity index (χ3n) is 3.35. The van der Waals surface area contributed by atoms with Crippen molar-refractivity contribution in [2.45, 2.75) is 0 Å². The minimum absolute atomic E-state index is 0.513. The van der Waals surface area contributed by atoms with Crippen LogP contribution in [0.1, 0.15) is 5.56 Å². The quantitative estimate of drug-likeness (QED) is 0.681. The number of hydrogen-bond acceptors (Lipinski definition) is 5. The molecule has 0 spiro atoms. The molecular formula is C15H10N4O2. The summed E-state index contributed by atoms with van der Waals surface area (Å²) in [5, 5.41) is 17.3. The number of aromatic nitrogens is 3. The second-order valence-electron chi connectivity index (χ2n) is 4.61. The summed E-state index contributed by atoms with van der Waals surface area (Å²) in [4.78, 5) is 0. The zero-order valence-corrected chi connectivity index (χ0v) is 11.0. The molecule has 0 radical (unpaired) electrons. The van der Waals surface area contributed by atoms with E-state index < -0.39 is 0 Å². The molecule has 21 heavy (non-hydrogen) atoms. The van der Waals surface area contributed by atoms with Crippen molar-refractivity contribution in [1.82, 2.24) is 14.6 Å². The molecule has 102 valence electrons. The average molecular weight is 278 g/mol. The summed E-state index contributed by atoms with van der Waals surface area (Å²) in [5.41, 5.74) is 2.00. The molecule has 0 bridgehead atoms. The Labute approximate surface area is 120 Å². The molecule has 1 aliphatic heterocycles. The van der Waals surface area contributed by atoms with E-state index in [4.69, 9.17) is 14.7 Å². The summed E-state index contributed by atoms with van der Waals surface area (Å²) >= 11 is 0. The molecule has 0 aliphatic carbocycles. The van der Waals surface area contributed by atoms with Crippen molar-refractivity contribution in [2.24, 2.45) is 0 Å². The molecule has 3 heterocycles. The largest absolute Gasteiger partial charge is 0.486 e. The van der Waals surface area contributed by atoms with Gasteiger partial charge in [0.1, 0.15) is 13.2 Å². The zero-order valence-electron chi connectivity index (χ0n) is 11.0. The van der Waals surface area contributed by atoms with Crippen LogP contribution in [0.3, 0.4) is 0 Å². The third kappa shape index (κ3) is 1.79. The van der Waals surface area contributed by atoms with Crippen molar-refractivity contribution in [2.75, 3.05) is 13.2 Å². The highest BCUT2D eigenvalue weighted by Gasteiger charge is 2.20. The normalized spacial score (nSPS) is 13.1. The summed E-state index contributed by atoms with van der Waals surface area (Å²) in [6.07, 6.45) is 1.78. The molecule has 0 saturated heterocycles. The smallest absolute Gasteiger partial charge is 0.172 e. The molecule has 1 aromatic carbocycles. The van der Waals surface area contributed by atoms with Gasteiger partial charge in [0.05, 0.1) is 17.2 Å². The molecule has 0 fully saturated rings.